The van der Waals surface area contributed by atoms with Crippen LogP contribution in [0.1, 0.15) is 5.56 Å². The molecule has 0 bridgehead atoms. The van der Waals surface area contributed by atoms with Crippen molar-refractivity contribution in [2.75, 3.05) is 12.4 Å². The van der Waals surface area contributed by atoms with Crippen LogP contribution in [0.5, 0.6) is 5.75 Å². The highest BCUT2D eigenvalue weighted by Crippen LogP contribution is 2.28. The molecule has 0 saturated heterocycles. The van der Waals surface area contributed by atoms with E-state index in [1.807, 2.05) is 18.2 Å². The fraction of sp³-hybridized carbons (Fsp3) is 0.143. The Hall–Kier alpha value is -1.07. The molecule has 1 N–H and O–H groups in total. The number of rotatable bonds is 4. The molecule has 2 nitrogen and oxygen atoms in total. The molecule has 0 aromatic heterocycles. The second-order valence-electron chi connectivity index (χ2n) is 3.91. The van der Waals surface area contributed by atoms with E-state index in [0.717, 1.165) is 15.8 Å². The zero-order chi connectivity index (χ0) is 13.8. The molecule has 0 fully saturated rings. The van der Waals surface area contributed by atoms with Crippen LogP contribution in [0.25, 0.3) is 0 Å². The van der Waals surface area contributed by atoms with Gasteiger partial charge in [0.1, 0.15) is 11.6 Å². The highest BCUT2D eigenvalue weighted by Gasteiger charge is 2.07. The van der Waals surface area contributed by atoms with Crippen molar-refractivity contribution >= 4 is 37.5 Å². The zero-order valence-corrected chi connectivity index (χ0v) is 13.4. The molecule has 19 heavy (non-hydrogen) atoms. The monoisotopic (exact) mass is 387 g/mol. The van der Waals surface area contributed by atoms with Crippen LogP contribution in [-0.4, -0.2) is 7.11 Å². The number of methoxy groups -OCH3 is 1. The normalized spacial score (nSPS) is 10.3. The fourth-order valence-corrected chi connectivity index (χ4v) is 2.53. The molecule has 0 atom stereocenters. The van der Waals surface area contributed by atoms with Gasteiger partial charge in [-0.2, -0.15) is 0 Å². The Morgan fingerprint density at radius 3 is 2.63 bits per heavy atom. The van der Waals surface area contributed by atoms with Gasteiger partial charge >= 0.3 is 0 Å². The predicted octanol–water partition coefficient (Wildman–Crippen LogP) is 4.97. The summed E-state index contributed by atoms with van der Waals surface area (Å²) in [5.41, 5.74) is 1.45. The smallest absolute Gasteiger partial charge is 0.147 e. The lowest BCUT2D eigenvalue weighted by atomic mass is 10.2. The second-order valence-corrected chi connectivity index (χ2v) is 5.62. The molecular weight excluding hydrogens is 377 g/mol. The van der Waals surface area contributed by atoms with Crippen LogP contribution >= 0.6 is 31.9 Å². The zero-order valence-electron chi connectivity index (χ0n) is 10.2. The quantitative estimate of drug-likeness (QED) is 0.798. The molecule has 0 aliphatic rings. The van der Waals surface area contributed by atoms with Gasteiger partial charge in [0.25, 0.3) is 0 Å². The Morgan fingerprint density at radius 2 is 1.95 bits per heavy atom. The van der Waals surface area contributed by atoms with E-state index in [1.165, 1.54) is 6.07 Å². The average molecular weight is 389 g/mol. The summed E-state index contributed by atoms with van der Waals surface area (Å²) in [5.74, 6) is 0.487. The van der Waals surface area contributed by atoms with E-state index < -0.39 is 0 Å². The van der Waals surface area contributed by atoms with Crippen molar-refractivity contribution in [3.63, 3.8) is 0 Å². The third kappa shape index (κ3) is 3.48. The van der Waals surface area contributed by atoms with E-state index in [4.69, 9.17) is 4.74 Å². The SMILES string of the molecule is COc1ccc(Br)c(CNc2c(F)cccc2Br)c1. The first-order chi connectivity index (χ1) is 9.11. The average Bonchev–Trinajstić information content (AvgIpc) is 2.40. The van der Waals surface area contributed by atoms with Crippen molar-refractivity contribution in [2.45, 2.75) is 6.54 Å². The van der Waals surface area contributed by atoms with Gasteiger partial charge in [0.15, 0.2) is 0 Å². The predicted molar refractivity (Wildman–Crippen MR) is 82.1 cm³/mol. The van der Waals surface area contributed by atoms with Gasteiger partial charge in [-0.3, -0.25) is 0 Å². The Balaban J connectivity index is 2.19. The molecule has 100 valence electrons. The minimum atomic E-state index is -0.284. The van der Waals surface area contributed by atoms with Crippen molar-refractivity contribution in [2.24, 2.45) is 0 Å². The van der Waals surface area contributed by atoms with E-state index in [0.29, 0.717) is 16.7 Å². The van der Waals surface area contributed by atoms with E-state index in [-0.39, 0.29) is 5.82 Å². The summed E-state index contributed by atoms with van der Waals surface area (Å²) in [5, 5.41) is 3.08. The van der Waals surface area contributed by atoms with Crippen molar-refractivity contribution < 1.29 is 9.13 Å². The van der Waals surface area contributed by atoms with Crippen LogP contribution in [0.3, 0.4) is 0 Å². The maximum absolute atomic E-state index is 13.7. The van der Waals surface area contributed by atoms with Gasteiger partial charge in [0.2, 0.25) is 0 Å². The molecule has 0 aliphatic carbocycles. The lowest BCUT2D eigenvalue weighted by Crippen LogP contribution is -2.03. The van der Waals surface area contributed by atoms with Crippen LogP contribution in [0.4, 0.5) is 10.1 Å². The van der Waals surface area contributed by atoms with Crippen molar-refractivity contribution in [3.05, 3.63) is 56.7 Å². The van der Waals surface area contributed by atoms with Crippen molar-refractivity contribution in [3.8, 4) is 5.75 Å². The van der Waals surface area contributed by atoms with Crippen LogP contribution < -0.4 is 10.1 Å². The van der Waals surface area contributed by atoms with Crippen molar-refractivity contribution in [1.82, 2.24) is 0 Å². The Morgan fingerprint density at radius 1 is 1.16 bits per heavy atom. The van der Waals surface area contributed by atoms with Gasteiger partial charge in [0.05, 0.1) is 12.8 Å². The van der Waals surface area contributed by atoms with E-state index in [9.17, 15) is 4.39 Å². The largest absolute Gasteiger partial charge is 0.497 e. The molecule has 0 radical (unpaired) electrons. The van der Waals surface area contributed by atoms with Crippen LogP contribution in [0, 0.1) is 5.82 Å². The molecule has 0 saturated carbocycles. The topological polar surface area (TPSA) is 21.3 Å². The number of para-hydroxylation sites is 1. The maximum Gasteiger partial charge on any atom is 0.147 e. The Kier molecular flexibility index (Phi) is 4.82. The van der Waals surface area contributed by atoms with Gasteiger partial charge in [0, 0.05) is 15.5 Å². The first kappa shape index (κ1) is 14.3. The van der Waals surface area contributed by atoms with E-state index in [1.54, 1.807) is 19.2 Å². The van der Waals surface area contributed by atoms with Crippen LogP contribution in [-0.2, 0) is 6.54 Å². The highest BCUT2D eigenvalue weighted by molar-refractivity contribution is 9.10. The van der Waals surface area contributed by atoms with Crippen LogP contribution in [0.15, 0.2) is 45.3 Å². The Bertz CT molecular complexity index is 569. The standard InChI is InChI=1S/C14H12Br2FNO/c1-19-10-5-6-11(15)9(7-10)8-18-14-12(16)3-2-4-13(14)17/h2-7,18H,8H2,1H3. The number of anilines is 1. The van der Waals surface area contributed by atoms with Gasteiger partial charge in [-0.25, -0.2) is 4.39 Å². The molecule has 0 heterocycles. The number of benzene rings is 2. The summed E-state index contributed by atoms with van der Waals surface area (Å²) in [4.78, 5) is 0. The third-order valence-corrected chi connectivity index (χ3v) is 4.11. The summed E-state index contributed by atoms with van der Waals surface area (Å²) in [6.45, 7) is 0.497. The molecule has 0 amide bonds. The number of halogens is 3. The summed E-state index contributed by atoms with van der Waals surface area (Å²) < 4.78 is 20.5. The van der Waals surface area contributed by atoms with E-state index >= 15 is 0 Å². The molecular formula is C14H12Br2FNO. The molecule has 0 spiro atoms. The minimum Gasteiger partial charge on any atom is -0.497 e. The number of hydrogen-bond donors (Lipinski definition) is 1. The summed E-state index contributed by atoms with van der Waals surface area (Å²) >= 11 is 6.80. The molecule has 0 unspecified atom stereocenters. The molecule has 2 aromatic carbocycles. The molecule has 2 rings (SSSR count). The number of hydrogen-bond acceptors (Lipinski definition) is 2. The van der Waals surface area contributed by atoms with Gasteiger partial charge < -0.3 is 10.1 Å². The highest BCUT2D eigenvalue weighted by atomic mass is 79.9. The fourth-order valence-electron chi connectivity index (χ4n) is 1.66. The molecule has 5 heteroatoms. The van der Waals surface area contributed by atoms with Crippen molar-refractivity contribution in [1.29, 1.82) is 0 Å². The lowest BCUT2D eigenvalue weighted by molar-refractivity contribution is 0.414. The third-order valence-electron chi connectivity index (χ3n) is 2.67. The van der Waals surface area contributed by atoms with Crippen LogP contribution in [0.2, 0.25) is 0 Å². The number of nitrogens with one attached hydrogen (secondary N) is 1. The first-order valence-electron chi connectivity index (χ1n) is 5.62. The maximum atomic E-state index is 13.7. The van der Waals surface area contributed by atoms with E-state index in [2.05, 4.69) is 37.2 Å². The summed E-state index contributed by atoms with van der Waals surface area (Å²) in [6, 6.07) is 10.6. The minimum absolute atomic E-state index is 0.284. The summed E-state index contributed by atoms with van der Waals surface area (Å²) in [7, 11) is 1.62. The lowest BCUT2D eigenvalue weighted by Gasteiger charge is -2.12. The Labute approximate surface area is 128 Å². The molecule has 0 aliphatic heterocycles. The van der Waals surface area contributed by atoms with Gasteiger partial charge in [-0.15, -0.1) is 0 Å². The molecule has 2 aromatic rings. The van der Waals surface area contributed by atoms with Gasteiger partial charge in [-0.1, -0.05) is 22.0 Å². The van der Waals surface area contributed by atoms with Gasteiger partial charge in [-0.05, 0) is 51.8 Å². The second kappa shape index (κ2) is 6.39. The summed E-state index contributed by atoms with van der Waals surface area (Å²) in [6.07, 6.45) is 0. The number of ether oxygens (including phenoxy) is 1. The first-order valence-corrected chi connectivity index (χ1v) is 7.20.